The molecule has 1 aliphatic rings. The van der Waals surface area contributed by atoms with Gasteiger partial charge in [0.25, 0.3) is 5.91 Å². The lowest BCUT2D eigenvalue weighted by Crippen LogP contribution is -2.51. The van der Waals surface area contributed by atoms with E-state index in [9.17, 15) is 4.79 Å². The first-order valence-corrected chi connectivity index (χ1v) is 6.25. The number of hydrogen-bond acceptors (Lipinski definition) is 2. The molecule has 17 heavy (non-hydrogen) atoms. The molecule has 0 radical (unpaired) electrons. The molecule has 2 rings (SSSR count). The van der Waals surface area contributed by atoms with Crippen molar-refractivity contribution in [2.75, 3.05) is 19.6 Å². The summed E-state index contributed by atoms with van der Waals surface area (Å²) in [7, 11) is 0. The van der Waals surface area contributed by atoms with Crippen molar-refractivity contribution < 1.29 is 4.79 Å². The Bertz CT molecular complexity index is 433. The van der Waals surface area contributed by atoms with Crippen LogP contribution in [0.15, 0.2) is 18.2 Å². The van der Waals surface area contributed by atoms with Crippen LogP contribution in [0.3, 0.4) is 0 Å². The molecule has 0 aromatic heterocycles. The molecule has 0 unspecified atom stereocenters. The number of hydrogen-bond donors (Lipinski definition) is 1. The fraction of sp³-hybridized carbons (Fsp3) is 0.462. The van der Waals surface area contributed by atoms with Crippen molar-refractivity contribution in [3.63, 3.8) is 0 Å². The Hall–Kier alpha value is -1.06. The Balaban J connectivity index is 2.22. The fourth-order valence-corrected chi connectivity index (χ4v) is 2.30. The maximum absolute atomic E-state index is 12.4. The van der Waals surface area contributed by atoms with Gasteiger partial charge in [0.1, 0.15) is 0 Å². The molecule has 1 N–H and O–H groups in total. The van der Waals surface area contributed by atoms with Crippen molar-refractivity contribution >= 4 is 17.5 Å². The highest BCUT2D eigenvalue weighted by Gasteiger charge is 2.22. The van der Waals surface area contributed by atoms with E-state index >= 15 is 0 Å². The molecular formula is C13H17ClN2O. The third kappa shape index (κ3) is 2.61. The van der Waals surface area contributed by atoms with Crippen molar-refractivity contribution in [1.29, 1.82) is 0 Å². The van der Waals surface area contributed by atoms with E-state index in [1.165, 1.54) is 0 Å². The molecule has 1 heterocycles. The summed E-state index contributed by atoms with van der Waals surface area (Å²) >= 11 is 6.04. The van der Waals surface area contributed by atoms with Gasteiger partial charge >= 0.3 is 0 Å². The number of amides is 1. The summed E-state index contributed by atoms with van der Waals surface area (Å²) in [5.41, 5.74) is 1.58. The molecule has 1 aromatic carbocycles. The number of carbonyl (C=O) groups is 1. The number of rotatable bonds is 1. The number of nitrogens with one attached hydrogen (secondary N) is 1. The predicted octanol–water partition coefficient (Wildman–Crippen LogP) is 2.08. The SMILES string of the molecule is Cc1c(Cl)cccc1C(=O)N1CCN[C@@H](C)C1. The summed E-state index contributed by atoms with van der Waals surface area (Å²) in [6, 6.07) is 5.84. The molecular weight excluding hydrogens is 236 g/mol. The van der Waals surface area contributed by atoms with Crippen LogP contribution in [0, 0.1) is 6.92 Å². The molecule has 3 nitrogen and oxygen atoms in total. The molecule has 1 saturated heterocycles. The van der Waals surface area contributed by atoms with E-state index in [1.54, 1.807) is 0 Å². The summed E-state index contributed by atoms with van der Waals surface area (Å²) in [5, 5.41) is 3.98. The van der Waals surface area contributed by atoms with Gasteiger partial charge in [0, 0.05) is 36.3 Å². The minimum Gasteiger partial charge on any atom is -0.336 e. The van der Waals surface area contributed by atoms with Crippen LogP contribution in [-0.2, 0) is 0 Å². The first-order chi connectivity index (χ1) is 8.09. The van der Waals surface area contributed by atoms with E-state index in [0.717, 1.165) is 25.2 Å². The maximum Gasteiger partial charge on any atom is 0.254 e. The van der Waals surface area contributed by atoms with Crippen molar-refractivity contribution in [2.24, 2.45) is 0 Å². The van der Waals surface area contributed by atoms with Gasteiger partial charge < -0.3 is 10.2 Å². The lowest BCUT2D eigenvalue weighted by Gasteiger charge is -2.32. The Morgan fingerprint density at radius 1 is 1.53 bits per heavy atom. The molecule has 0 aliphatic carbocycles. The maximum atomic E-state index is 12.4. The lowest BCUT2D eigenvalue weighted by molar-refractivity contribution is 0.0708. The standard InChI is InChI=1S/C13H17ClN2O/c1-9-8-16(7-6-15-9)13(17)11-4-3-5-12(14)10(11)2/h3-5,9,15H,6-8H2,1-2H3/t9-/m0/s1. The summed E-state index contributed by atoms with van der Waals surface area (Å²) in [6.45, 7) is 6.35. The molecule has 4 heteroatoms. The van der Waals surface area contributed by atoms with E-state index in [1.807, 2.05) is 30.0 Å². The normalized spacial score (nSPS) is 20.4. The molecule has 0 saturated carbocycles. The summed E-state index contributed by atoms with van der Waals surface area (Å²) < 4.78 is 0. The zero-order chi connectivity index (χ0) is 12.4. The topological polar surface area (TPSA) is 32.3 Å². The van der Waals surface area contributed by atoms with Gasteiger partial charge in [-0.25, -0.2) is 0 Å². The Kier molecular flexibility index (Phi) is 3.69. The molecule has 1 fully saturated rings. The smallest absolute Gasteiger partial charge is 0.254 e. The third-order valence-electron chi connectivity index (χ3n) is 3.15. The predicted molar refractivity (Wildman–Crippen MR) is 69.6 cm³/mol. The van der Waals surface area contributed by atoms with E-state index < -0.39 is 0 Å². The third-order valence-corrected chi connectivity index (χ3v) is 3.56. The quantitative estimate of drug-likeness (QED) is 0.830. The molecule has 0 bridgehead atoms. The lowest BCUT2D eigenvalue weighted by atomic mass is 10.1. The van der Waals surface area contributed by atoms with Crippen molar-refractivity contribution in [3.05, 3.63) is 34.3 Å². The first kappa shape index (κ1) is 12.4. The van der Waals surface area contributed by atoms with Gasteiger partial charge in [0.2, 0.25) is 0 Å². The van der Waals surface area contributed by atoms with Crippen LogP contribution in [0.25, 0.3) is 0 Å². The van der Waals surface area contributed by atoms with Crippen LogP contribution in [0.4, 0.5) is 0 Å². The van der Waals surface area contributed by atoms with Crippen LogP contribution in [-0.4, -0.2) is 36.5 Å². The van der Waals surface area contributed by atoms with E-state index in [-0.39, 0.29) is 5.91 Å². The van der Waals surface area contributed by atoms with E-state index in [0.29, 0.717) is 16.6 Å². The van der Waals surface area contributed by atoms with Crippen LogP contribution in [0.5, 0.6) is 0 Å². The summed E-state index contributed by atoms with van der Waals surface area (Å²) in [4.78, 5) is 14.2. The van der Waals surface area contributed by atoms with E-state index in [2.05, 4.69) is 12.2 Å². The number of piperazine rings is 1. The second-order valence-electron chi connectivity index (χ2n) is 4.52. The average Bonchev–Trinajstić information content (AvgIpc) is 2.32. The molecule has 1 aliphatic heterocycles. The van der Waals surface area contributed by atoms with Crippen LogP contribution >= 0.6 is 11.6 Å². The largest absolute Gasteiger partial charge is 0.336 e. The van der Waals surface area contributed by atoms with Crippen molar-refractivity contribution in [3.8, 4) is 0 Å². The van der Waals surface area contributed by atoms with Crippen LogP contribution in [0.1, 0.15) is 22.8 Å². The zero-order valence-corrected chi connectivity index (χ0v) is 10.9. The minimum atomic E-state index is 0.0818. The Labute approximate surface area is 107 Å². The molecule has 1 aromatic rings. The highest BCUT2D eigenvalue weighted by molar-refractivity contribution is 6.31. The number of nitrogens with zero attached hydrogens (tertiary/aromatic N) is 1. The molecule has 1 atom stereocenters. The van der Waals surface area contributed by atoms with E-state index in [4.69, 9.17) is 11.6 Å². The second-order valence-corrected chi connectivity index (χ2v) is 4.93. The minimum absolute atomic E-state index is 0.0818. The van der Waals surface area contributed by atoms with Gasteiger partial charge in [-0.1, -0.05) is 17.7 Å². The highest BCUT2D eigenvalue weighted by atomic mass is 35.5. The van der Waals surface area contributed by atoms with Gasteiger partial charge in [-0.05, 0) is 31.5 Å². The molecule has 1 amide bonds. The van der Waals surface area contributed by atoms with Crippen molar-refractivity contribution in [2.45, 2.75) is 19.9 Å². The van der Waals surface area contributed by atoms with Crippen LogP contribution in [0.2, 0.25) is 5.02 Å². The monoisotopic (exact) mass is 252 g/mol. The average molecular weight is 253 g/mol. The number of halogens is 1. The van der Waals surface area contributed by atoms with Crippen molar-refractivity contribution in [1.82, 2.24) is 10.2 Å². The van der Waals surface area contributed by atoms with Gasteiger partial charge in [-0.15, -0.1) is 0 Å². The van der Waals surface area contributed by atoms with Gasteiger partial charge in [0.05, 0.1) is 0 Å². The number of carbonyl (C=O) groups excluding carboxylic acids is 1. The number of benzene rings is 1. The first-order valence-electron chi connectivity index (χ1n) is 5.87. The molecule has 0 spiro atoms. The Morgan fingerprint density at radius 2 is 2.29 bits per heavy atom. The van der Waals surface area contributed by atoms with Gasteiger partial charge in [-0.3, -0.25) is 4.79 Å². The zero-order valence-electron chi connectivity index (χ0n) is 10.2. The molecule has 92 valence electrons. The van der Waals surface area contributed by atoms with Crippen LogP contribution < -0.4 is 5.32 Å². The highest BCUT2D eigenvalue weighted by Crippen LogP contribution is 2.20. The summed E-state index contributed by atoms with van der Waals surface area (Å²) in [5.74, 6) is 0.0818. The van der Waals surface area contributed by atoms with Gasteiger partial charge in [0.15, 0.2) is 0 Å². The fourth-order valence-electron chi connectivity index (χ4n) is 2.13. The Morgan fingerprint density at radius 3 is 3.00 bits per heavy atom. The van der Waals surface area contributed by atoms with Gasteiger partial charge in [-0.2, -0.15) is 0 Å². The second kappa shape index (κ2) is 5.07. The summed E-state index contributed by atoms with van der Waals surface area (Å²) in [6.07, 6.45) is 0.